The van der Waals surface area contributed by atoms with Crippen molar-refractivity contribution in [1.82, 2.24) is 5.32 Å². The molecule has 0 bridgehead atoms. The third-order valence-corrected chi connectivity index (χ3v) is 3.71. The number of halogens is 2. The van der Waals surface area contributed by atoms with Gasteiger partial charge >= 0.3 is 0 Å². The van der Waals surface area contributed by atoms with Crippen molar-refractivity contribution in [3.8, 4) is 0 Å². The molecule has 0 amide bonds. The van der Waals surface area contributed by atoms with Crippen molar-refractivity contribution >= 4 is 0 Å². The van der Waals surface area contributed by atoms with E-state index in [4.69, 9.17) is 0 Å². The van der Waals surface area contributed by atoms with Gasteiger partial charge in [-0.25, -0.2) is 8.78 Å². The SMILES string of the molecule is CCCNC1(C(F)F)CCCCC1CC. The van der Waals surface area contributed by atoms with Crippen LogP contribution in [0.5, 0.6) is 0 Å². The third-order valence-electron chi connectivity index (χ3n) is 3.71. The summed E-state index contributed by atoms with van der Waals surface area (Å²) in [7, 11) is 0. The van der Waals surface area contributed by atoms with Crippen LogP contribution in [0.3, 0.4) is 0 Å². The molecule has 15 heavy (non-hydrogen) atoms. The largest absolute Gasteiger partial charge is 0.306 e. The Labute approximate surface area is 91.6 Å². The van der Waals surface area contributed by atoms with E-state index >= 15 is 0 Å². The summed E-state index contributed by atoms with van der Waals surface area (Å²) in [6.07, 6.45) is 3.21. The summed E-state index contributed by atoms with van der Waals surface area (Å²) in [5.74, 6) is 0.151. The van der Waals surface area contributed by atoms with Crippen LogP contribution in [0, 0.1) is 5.92 Å². The van der Waals surface area contributed by atoms with E-state index in [1.807, 2.05) is 13.8 Å². The molecule has 1 aliphatic rings. The Morgan fingerprint density at radius 1 is 1.33 bits per heavy atom. The van der Waals surface area contributed by atoms with E-state index in [-0.39, 0.29) is 5.92 Å². The molecule has 0 heterocycles. The van der Waals surface area contributed by atoms with E-state index in [2.05, 4.69) is 5.32 Å². The molecule has 1 N–H and O–H groups in total. The lowest BCUT2D eigenvalue weighted by molar-refractivity contribution is -0.0308. The fraction of sp³-hybridized carbons (Fsp3) is 1.00. The molecule has 0 aliphatic heterocycles. The molecule has 1 aliphatic carbocycles. The van der Waals surface area contributed by atoms with Crippen molar-refractivity contribution in [2.75, 3.05) is 6.54 Å². The van der Waals surface area contributed by atoms with Gasteiger partial charge in [0.25, 0.3) is 6.43 Å². The first-order valence-corrected chi connectivity index (χ1v) is 6.20. The van der Waals surface area contributed by atoms with Crippen molar-refractivity contribution in [3.05, 3.63) is 0 Å². The molecule has 0 saturated heterocycles. The summed E-state index contributed by atoms with van der Waals surface area (Å²) in [6.45, 7) is 4.76. The summed E-state index contributed by atoms with van der Waals surface area (Å²) in [5.41, 5.74) is -0.886. The fourth-order valence-electron chi connectivity index (χ4n) is 2.79. The Morgan fingerprint density at radius 3 is 2.60 bits per heavy atom. The normalized spacial score (nSPS) is 32.2. The first kappa shape index (κ1) is 12.9. The fourth-order valence-corrected chi connectivity index (χ4v) is 2.79. The maximum Gasteiger partial charge on any atom is 0.256 e. The van der Waals surface area contributed by atoms with Crippen LogP contribution in [0.25, 0.3) is 0 Å². The van der Waals surface area contributed by atoms with E-state index in [9.17, 15) is 8.78 Å². The van der Waals surface area contributed by atoms with Crippen molar-refractivity contribution in [2.24, 2.45) is 5.92 Å². The number of hydrogen-bond acceptors (Lipinski definition) is 1. The highest BCUT2D eigenvalue weighted by molar-refractivity contribution is 4.98. The van der Waals surface area contributed by atoms with Crippen LogP contribution < -0.4 is 5.32 Å². The van der Waals surface area contributed by atoms with Gasteiger partial charge in [-0.1, -0.05) is 33.1 Å². The summed E-state index contributed by atoms with van der Waals surface area (Å²) in [4.78, 5) is 0. The Kier molecular flexibility index (Phi) is 4.97. The maximum atomic E-state index is 13.3. The molecule has 0 aromatic carbocycles. The van der Waals surface area contributed by atoms with E-state index in [0.717, 1.165) is 32.1 Å². The highest BCUT2D eigenvalue weighted by Gasteiger charge is 2.46. The molecule has 90 valence electrons. The van der Waals surface area contributed by atoms with Crippen LogP contribution in [-0.2, 0) is 0 Å². The van der Waals surface area contributed by atoms with Gasteiger partial charge in [-0.2, -0.15) is 0 Å². The molecule has 0 radical (unpaired) electrons. The molecule has 1 rings (SSSR count). The predicted octanol–water partition coefficient (Wildman–Crippen LogP) is 3.59. The van der Waals surface area contributed by atoms with Gasteiger partial charge in [0.1, 0.15) is 0 Å². The molecular formula is C12H23F2N. The molecule has 2 unspecified atom stereocenters. The quantitative estimate of drug-likeness (QED) is 0.745. The molecule has 0 spiro atoms. The summed E-state index contributed by atoms with van der Waals surface area (Å²) in [6, 6.07) is 0. The lowest BCUT2D eigenvalue weighted by atomic mass is 9.71. The summed E-state index contributed by atoms with van der Waals surface area (Å²) >= 11 is 0. The van der Waals surface area contributed by atoms with Gasteiger partial charge in [0.15, 0.2) is 0 Å². The van der Waals surface area contributed by atoms with E-state index in [1.165, 1.54) is 0 Å². The molecule has 2 atom stereocenters. The Hall–Kier alpha value is -0.180. The van der Waals surface area contributed by atoms with E-state index in [1.54, 1.807) is 0 Å². The molecule has 1 saturated carbocycles. The number of rotatable bonds is 5. The minimum absolute atomic E-state index is 0.151. The van der Waals surface area contributed by atoms with Gasteiger partial charge in [0.2, 0.25) is 0 Å². The molecule has 0 aromatic heterocycles. The second-order valence-corrected chi connectivity index (χ2v) is 4.62. The van der Waals surface area contributed by atoms with Gasteiger partial charge < -0.3 is 5.32 Å². The Balaban J connectivity index is 2.74. The lowest BCUT2D eigenvalue weighted by Crippen LogP contribution is -2.58. The molecule has 3 heteroatoms. The van der Waals surface area contributed by atoms with Crippen molar-refractivity contribution in [2.45, 2.75) is 64.3 Å². The highest BCUT2D eigenvalue weighted by atomic mass is 19.3. The average Bonchev–Trinajstić information content (AvgIpc) is 2.26. The van der Waals surface area contributed by atoms with Crippen LogP contribution in [0.4, 0.5) is 8.78 Å². The number of alkyl halides is 2. The second kappa shape index (κ2) is 5.78. The second-order valence-electron chi connectivity index (χ2n) is 4.62. The standard InChI is InChI=1S/C12H23F2N/c1-3-9-15-12(11(13)14)8-6-5-7-10(12)4-2/h10-11,15H,3-9H2,1-2H3. The van der Waals surface area contributed by atoms with Gasteiger partial charge in [-0.15, -0.1) is 0 Å². The smallest absolute Gasteiger partial charge is 0.256 e. The van der Waals surface area contributed by atoms with Crippen molar-refractivity contribution in [1.29, 1.82) is 0 Å². The summed E-state index contributed by atoms with van der Waals surface area (Å²) in [5, 5.41) is 3.14. The molecular weight excluding hydrogens is 196 g/mol. The predicted molar refractivity (Wildman–Crippen MR) is 59.3 cm³/mol. The minimum atomic E-state index is -2.23. The first-order valence-electron chi connectivity index (χ1n) is 6.20. The zero-order chi connectivity index (χ0) is 11.3. The van der Waals surface area contributed by atoms with E-state index < -0.39 is 12.0 Å². The van der Waals surface area contributed by atoms with Crippen LogP contribution in [0.15, 0.2) is 0 Å². The first-order chi connectivity index (χ1) is 7.17. The molecule has 1 nitrogen and oxygen atoms in total. The zero-order valence-corrected chi connectivity index (χ0v) is 9.86. The lowest BCUT2D eigenvalue weighted by Gasteiger charge is -2.44. The Bertz CT molecular complexity index is 184. The average molecular weight is 219 g/mol. The Morgan fingerprint density at radius 2 is 2.07 bits per heavy atom. The number of hydrogen-bond donors (Lipinski definition) is 1. The van der Waals surface area contributed by atoms with Gasteiger partial charge in [-0.05, 0) is 31.7 Å². The van der Waals surface area contributed by atoms with E-state index in [0.29, 0.717) is 13.0 Å². The highest BCUT2D eigenvalue weighted by Crippen LogP contribution is 2.40. The van der Waals surface area contributed by atoms with Crippen molar-refractivity contribution < 1.29 is 8.78 Å². The zero-order valence-electron chi connectivity index (χ0n) is 9.86. The number of nitrogens with one attached hydrogen (secondary N) is 1. The van der Waals surface area contributed by atoms with Gasteiger partial charge in [0, 0.05) is 0 Å². The van der Waals surface area contributed by atoms with Crippen LogP contribution in [-0.4, -0.2) is 18.5 Å². The van der Waals surface area contributed by atoms with Gasteiger partial charge in [-0.3, -0.25) is 0 Å². The van der Waals surface area contributed by atoms with Crippen molar-refractivity contribution in [3.63, 3.8) is 0 Å². The van der Waals surface area contributed by atoms with Crippen LogP contribution in [0.1, 0.15) is 52.4 Å². The molecule has 1 fully saturated rings. The molecule has 0 aromatic rings. The summed E-state index contributed by atoms with van der Waals surface area (Å²) < 4.78 is 26.5. The monoisotopic (exact) mass is 219 g/mol. The van der Waals surface area contributed by atoms with Gasteiger partial charge in [0.05, 0.1) is 5.54 Å². The topological polar surface area (TPSA) is 12.0 Å². The minimum Gasteiger partial charge on any atom is -0.306 e. The van der Waals surface area contributed by atoms with Crippen LogP contribution >= 0.6 is 0 Å². The maximum absolute atomic E-state index is 13.3. The van der Waals surface area contributed by atoms with Crippen LogP contribution in [0.2, 0.25) is 0 Å². The third kappa shape index (κ3) is 2.68.